The molecule has 3 aromatic carbocycles. The average molecular weight is 414 g/mol. The summed E-state index contributed by atoms with van der Waals surface area (Å²) in [7, 11) is -3.12. The average Bonchev–Trinajstić information content (AvgIpc) is 2.67. The number of benzene rings is 3. The van der Waals surface area contributed by atoms with Gasteiger partial charge in [-0.15, -0.1) is 0 Å². The van der Waals surface area contributed by atoms with Crippen molar-refractivity contribution in [2.24, 2.45) is 0 Å². The van der Waals surface area contributed by atoms with Crippen LogP contribution < -0.4 is 5.32 Å². The van der Waals surface area contributed by atoms with E-state index < -0.39 is 9.84 Å². The standard InChI is InChI=1S/C22H20ClNO3S/c1-28(26,27)15-16-7-9-19(10-8-16)22(25)24-21(17-5-3-2-4-6-17)18-11-13-20(23)14-12-18/h2-14,21H,15H2,1H3,(H,24,25). The fraction of sp³-hybridized carbons (Fsp3) is 0.136. The Morgan fingerprint density at radius 3 is 2.04 bits per heavy atom. The molecule has 1 N–H and O–H groups in total. The number of halogens is 1. The molecule has 3 aromatic rings. The van der Waals surface area contributed by atoms with Gasteiger partial charge in [-0.2, -0.15) is 0 Å². The lowest BCUT2D eigenvalue weighted by atomic mass is 9.98. The number of hydrogen-bond acceptors (Lipinski definition) is 3. The molecule has 0 aliphatic carbocycles. The van der Waals surface area contributed by atoms with Crippen LogP contribution in [0.15, 0.2) is 78.9 Å². The molecule has 4 nitrogen and oxygen atoms in total. The summed E-state index contributed by atoms with van der Waals surface area (Å²) < 4.78 is 22.8. The number of amides is 1. The summed E-state index contributed by atoms with van der Waals surface area (Å²) in [4.78, 5) is 12.8. The minimum absolute atomic E-state index is 0.0493. The largest absolute Gasteiger partial charge is 0.341 e. The van der Waals surface area contributed by atoms with Crippen LogP contribution in [0.4, 0.5) is 0 Å². The van der Waals surface area contributed by atoms with Crippen molar-refractivity contribution in [1.82, 2.24) is 5.32 Å². The molecule has 0 aliphatic heterocycles. The van der Waals surface area contributed by atoms with E-state index in [9.17, 15) is 13.2 Å². The molecule has 0 heterocycles. The fourth-order valence-corrected chi connectivity index (χ4v) is 3.85. The van der Waals surface area contributed by atoms with Crippen LogP contribution in [0.1, 0.15) is 33.1 Å². The Morgan fingerprint density at radius 2 is 1.46 bits per heavy atom. The molecule has 1 unspecified atom stereocenters. The predicted molar refractivity (Wildman–Crippen MR) is 112 cm³/mol. The zero-order valence-electron chi connectivity index (χ0n) is 15.3. The molecule has 3 rings (SSSR count). The second-order valence-corrected chi connectivity index (χ2v) is 9.21. The van der Waals surface area contributed by atoms with Crippen LogP contribution >= 0.6 is 11.6 Å². The Bertz CT molecular complexity index is 1050. The normalized spacial score (nSPS) is 12.4. The van der Waals surface area contributed by atoms with E-state index >= 15 is 0 Å². The zero-order valence-corrected chi connectivity index (χ0v) is 16.9. The highest BCUT2D eigenvalue weighted by molar-refractivity contribution is 7.89. The van der Waals surface area contributed by atoms with Gasteiger partial charge < -0.3 is 5.32 Å². The Labute approximate surface area is 170 Å². The third-order valence-corrected chi connectivity index (χ3v) is 5.37. The maximum absolute atomic E-state index is 12.8. The van der Waals surface area contributed by atoms with Crippen molar-refractivity contribution < 1.29 is 13.2 Å². The second kappa shape index (κ2) is 8.59. The van der Waals surface area contributed by atoms with Gasteiger partial charge in [0.15, 0.2) is 9.84 Å². The van der Waals surface area contributed by atoms with Gasteiger partial charge in [0.1, 0.15) is 0 Å². The molecule has 0 saturated heterocycles. The summed E-state index contributed by atoms with van der Waals surface area (Å²) in [6, 6.07) is 23.3. The van der Waals surface area contributed by atoms with E-state index in [-0.39, 0.29) is 17.7 Å². The van der Waals surface area contributed by atoms with Crippen LogP contribution in [0.2, 0.25) is 5.02 Å². The summed E-state index contributed by atoms with van der Waals surface area (Å²) >= 11 is 5.99. The van der Waals surface area contributed by atoms with Crippen molar-refractivity contribution in [3.63, 3.8) is 0 Å². The lowest BCUT2D eigenvalue weighted by Crippen LogP contribution is -2.29. The van der Waals surface area contributed by atoms with Gasteiger partial charge in [-0.05, 0) is 41.0 Å². The lowest BCUT2D eigenvalue weighted by molar-refractivity contribution is 0.0943. The van der Waals surface area contributed by atoms with Gasteiger partial charge in [0.25, 0.3) is 5.91 Å². The van der Waals surface area contributed by atoms with Crippen molar-refractivity contribution in [2.75, 3.05) is 6.26 Å². The maximum Gasteiger partial charge on any atom is 0.252 e. The lowest BCUT2D eigenvalue weighted by Gasteiger charge is -2.20. The molecular formula is C22H20ClNO3S. The highest BCUT2D eigenvalue weighted by atomic mass is 35.5. The minimum Gasteiger partial charge on any atom is -0.341 e. The highest BCUT2D eigenvalue weighted by Gasteiger charge is 2.18. The first-order valence-corrected chi connectivity index (χ1v) is 11.1. The van der Waals surface area contributed by atoms with Gasteiger partial charge in [-0.25, -0.2) is 8.42 Å². The smallest absolute Gasteiger partial charge is 0.252 e. The van der Waals surface area contributed by atoms with Gasteiger partial charge in [0, 0.05) is 16.8 Å². The number of sulfone groups is 1. The van der Waals surface area contributed by atoms with Crippen LogP contribution in [-0.2, 0) is 15.6 Å². The molecule has 28 heavy (non-hydrogen) atoms. The molecule has 0 spiro atoms. The van der Waals surface area contributed by atoms with Crippen LogP contribution in [0.25, 0.3) is 0 Å². The first-order chi connectivity index (χ1) is 13.3. The van der Waals surface area contributed by atoms with Crippen LogP contribution in [0.3, 0.4) is 0 Å². The minimum atomic E-state index is -3.12. The van der Waals surface area contributed by atoms with Gasteiger partial charge in [0.05, 0.1) is 11.8 Å². The van der Waals surface area contributed by atoms with E-state index in [1.165, 1.54) is 6.26 Å². The molecular weight excluding hydrogens is 394 g/mol. The third-order valence-electron chi connectivity index (χ3n) is 4.26. The third kappa shape index (κ3) is 5.44. The topological polar surface area (TPSA) is 63.2 Å². The molecule has 0 aliphatic rings. The van der Waals surface area contributed by atoms with Crippen LogP contribution in [0, 0.1) is 0 Å². The van der Waals surface area contributed by atoms with E-state index in [0.717, 1.165) is 11.1 Å². The highest BCUT2D eigenvalue weighted by Crippen LogP contribution is 2.24. The van der Waals surface area contributed by atoms with Crippen LogP contribution in [0.5, 0.6) is 0 Å². The summed E-state index contributed by atoms with van der Waals surface area (Å²) in [6.45, 7) is 0. The molecule has 0 bridgehead atoms. The van der Waals surface area contributed by atoms with Crippen molar-refractivity contribution in [3.8, 4) is 0 Å². The van der Waals surface area contributed by atoms with E-state index in [4.69, 9.17) is 11.6 Å². The molecule has 0 aromatic heterocycles. The molecule has 0 radical (unpaired) electrons. The van der Waals surface area contributed by atoms with E-state index in [1.807, 2.05) is 42.5 Å². The Balaban J connectivity index is 1.84. The van der Waals surface area contributed by atoms with E-state index in [2.05, 4.69) is 5.32 Å². The summed E-state index contributed by atoms with van der Waals surface area (Å²) in [5.41, 5.74) is 2.98. The van der Waals surface area contributed by atoms with E-state index in [1.54, 1.807) is 36.4 Å². The van der Waals surface area contributed by atoms with E-state index in [0.29, 0.717) is 16.1 Å². The molecule has 144 valence electrons. The maximum atomic E-state index is 12.8. The Hall–Kier alpha value is -2.63. The van der Waals surface area contributed by atoms with Crippen molar-refractivity contribution in [1.29, 1.82) is 0 Å². The number of rotatable bonds is 6. The first kappa shape index (κ1) is 20.1. The van der Waals surface area contributed by atoms with Gasteiger partial charge in [-0.3, -0.25) is 4.79 Å². The van der Waals surface area contributed by atoms with Gasteiger partial charge in [0.2, 0.25) is 0 Å². The zero-order chi connectivity index (χ0) is 20.1. The number of nitrogens with one attached hydrogen (secondary N) is 1. The molecule has 1 amide bonds. The monoisotopic (exact) mass is 413 g/mol. The molecule has 1 atom stereocenters. The summed E-state index contributed by atoms with van der Waals surface area (Å²) in [5, 5.41) is 3.68. The Kier molecular flexibility index (Phi) is 6.17. The quantitative estimate of drug-likeness (QED) is 0.651. The SMILES string of the molecule is CS(=O)(=O)Cc1ccc(C(=O)NC(c2ccccc2)c2ccc(Cl)cc2)cc1. The van der Waals surface area contributed by atoms with Crippen molar-refractivity contribution in [2.45, 2.75) is 11.8 Å². The first-order valence-electron chi connectivity index (χ1n) is 8.70. The van der Waals surface area contributed by atoms with Gasteiger partial charge in [-0.1, -0.05) is 66.2 Å². The number of carbonyl (C=O) groups excluding carboxylic acids is 1. The predicted octanol–water partition coefficient (Wildman–Crippen LogP) is 4.40. The van der Waals surface area contributed by atoms with Gasteiger partial charge >= 0.3 is 0 Å². The van der Waals surface area contributed by atoms with Crippen LogP contribution in [-0.4, -0.2) is 20.6 Å². The molecule has 6 heteroatoms. The fourth-order valence-electron chi connectivity index (χ4n) is 2.93. The van der Waals surface area contributed by atoms with Crippen molar-refractivity contribution in [3.05, 3.63) is 106 Å². The van der Waals surface area contributed by atoms with Crippen molar-refractivity contribution >= 4 is 27.3 Å². The Morgan fingerprint density at radius 1 is 0.893 bits per heavy atom. The molecule has 0 saturated carbocycles. The molecule has 0 fully saturated rings. The number of carbonyl (C=O) groups is 1. The summed E-state index contributed by atoms with van der Waals surface area (Å²) in [6.07, 6.45) is 1.18. The second-order valence-electron chi connectivity index (χ2n) is 6.64. The summed E-state index contributed by atoms with van der Waals surface area (Å²) in [5.74, 6) is -0.290. The number of hydrogen-bond donors (Lipinski definition) is 1.